The third kappa shape index (κ3) is 4.94. The molecule has 0 spiro atoms. The number of carbonyl (C=O) groups is 2. The molecule has 0 heterocycles. The van der Waals surface area contributed by atoms with Crippen LogP contribution in [0.4, 0.5) is 5.69 Å². The van der Waals surface area contributed by atoms with Gasteiger partial charge in [-0.25, -0.2) is 0 Å². The Balaban J connectivity index is 0.00000264. The van der Waals surface area contributed by atoms with Crippen LogP contribution in [0.1, 0.15) is 41.6 Å². The summed E-state index contributed by atoms with van der Waals surface area (Å²) >= 11 is 0. The molecule has 1 aromatic rings. The zero-order chi connectivity index (χ0) is 16.3. The number of nitrogens with two attached hydrogens (primary N) is 1. The molecule has 23 heavy (non-hydrogen) atoms. The number of benzene rings is 1. The van der Waals surface area contributed by atoms with Crippen LogP contribution in [0.15, 0.2) is 18.2 Å². The van der Waals surface area contributed by atoms with Crippen molar-refractivity contribution in [1.82, 2.24) is 4.90 Å². The van der Waals surface area contributed by atoms with Crippen LogP contribution in [0.25, 0.3) is 0 Å². The lowest BCUT2D eigenvalue weighted by molar-refractivity contribution is -0.117. The van der Waals surface area contributed by atoms with Crippen LogP contribution in [0.3, 0.4) is 0 Å². The predicted octanol–water partition coefficient (Wildman–Crippen LogP) is 2.57. The van der Waals surface area contributed by atoms with Crippen molar-refractivity contribution in [2.45, 2.75) is 38.6 Å². The van der Waals surface area contributed by atoms with Crippen molar-refractivity contribution < 1.29 is 9.59 Å². The van der Waals surface area contributed by atoms with E-state index in [9.17, 15) is 9.59 Å². The van der Waals surface area contributed by atoms with E-state index in [1.54, 1.807) is 20.2 Å². The van der Waals surface area contributed by atoms with Crippen LogP contribution < -0.4 is 11.1 Å². The van der Waals surface area contributed by atoms with Gasteiger partial charge in [-0.1, -0.05) is 12.5 Å². The SMILES string of the molecule is Cc1ccc(NC(=O)C[C@@H]2CCC[C@H]2N)cc1C(=O)N(C)C.Cl. The quantitative estimate of drug-likeness (QED) is 0.885. The van der Waals surface area contributed by atoms with Crippen LogP contribution in [0.2, 0.25) is 0 Å². The monoisotopic (exact) mass is 339 g/mol. The van der Waals surface area contributed by atoms with E-state index in [2.05, 4.69) is 5.32 Å². The van der Waals surface area contributed by atoms with Crippen molar-refractivity contribution in [1.29, 1.82) is 0 Å². The van der Waals surface area contributed by atoms with Gasteiger partial charge in [-0.3, -0.25) is 9.59 Å². The molecule has 2 rings (SSSR count). The number of hydrogen-bond acceptors (Lipinski definition) is 3. The minimum Gasteiger partial charge on any atom is -0.345 e. The second kappa shape index (κ2) is 8.31. The maximum atomic E-state index is 12.2. The fraction of sp³-hybridized carbons (Fsp3) is 0.529. The van der Waals surface area contributed by atoms with Crippen molar-refractivity contribution in [2.75, 3.05) is 19.4 Å². The Labute approximate surface area is 144 Å². The van der Waals surface area contributed by atoms with Crippen LogP contribution >= 0.6 is 12.4 Å². The summed E-state index contributed by atoms with van der Waals surface area (Å²) in [4.78, 5) is 25.8. The van der Waals surface area contributed by atoms with E-state index in [4.69, 9.17) is 5.73 Å². The number of rotatable bonds is 4. The molecule has 1 fully saturated rings. The van der Waals surface area contributed by atoms with E-state index < -0.39 is 0 Å². The first-order valence-electron chi connectivity index (χ1n) is 7.76. The highest BCUT2D eigenvalue weighted by Gasteiger charge is 2.26. The Morgan fingerprint density at radius 2 is 2.00 bits per heavy atom. The Morgan fingerprint density at radius 3 is 2.57 bits per heavy atom. The van der Waals surface area contributed by atoms with Gasteiger partial charge in [-0.15, -0.1) is 12.4 Å². The second-order valence-electron chi connectivity index (χ2n) is 6.34. The summed E-state index contributed by atoms with van der Waals surface area (Å²) in [6.45, 7) is 1.89. The van der Waals surface area contributed by atoms with Gasteiger partial charge in [0.05, 0.1) is 0 Å². The lowest BCUT2D eigenvalue weighted by Crippen LogP contribution is -2.28. The predicted molar refractivity (Wildman–Crippen MR) is 95.0 cm³/mol. The van der Waals surface area contributed by atoms with Gasteiger partial charge in [0.1, 0.15) is 0 Å². The number of hydrogen-bond donors (Lipinski definition) is 2. The van der Waals surface area contributed by atoms with Gasteiger partial charge < -0.3 is 16.0 Å². The van der Waals surface area contributed by atoms with E-state index in [1.165, 1.54) is 4.90 Å². The Bertz CT molecular complexity index is 575. The first-order valence-corrected chi connectivity index (χ1v) is 7.76. The minimum absolute atomic E-state index is 0. The maximum absolute atomic E-state index is 12.2. The summed E-state index contributed by atoms with van der Waals surface area (Å²) < 4.78 is 0. The van der Waals surface area contributed by atoms with Crippen LogP contribution in [0.5, 0.6) is 0 Å². The molecule has 1 aliphatic rings. The molecule has 2 amide bonds. The lowest BCUT2D eigenvalue weighted by Gasteiger charge is -2.16. The molecule has 0 unspecified atom stereocenters. The molecular weight excluding hydrogens is 314 g/mol. The molecule has 1 saturated carbocycles. The first-order chi connectivity index (χ1) is 10.4. The van der Waals surface area contributed by atoms with E-state index in [0.717, 1.165) is 24.8 Å². The zero-order valence-corrected chi connectivity index (χ0v) is 14.8. The average Bonchev–Trinajstić information content (AvgIpc) is 2.85. The largest absolute Gasteiger partial charge is 0.345 e. The number of halogens is 1. The normalized spacial score (nSPS) is 19.8. The molecular formula is C17H26ClN3O2. The molecule has 3 N–H and O–H groups in total. The fourth-order valence-electron chi connectivity index (χ4n) is 2.94. The zero-order valence-electron chi connectivity index (χ0n) is 14.0. The van der Waals surface area contributed by atoms with Gasteiger partial charge in [0.2, 0.25) is 5.91 Å². The molecule has 0 radical (unpaired) electrons. The molecule has 0 bridgehead atoms. The van der Waals surface area contributed by atoms with Crippen molar-refractivity contribution in [3.8, 4) is 0 Å². The summed E-state index contributed by atoms with van der Waals surface area (Å²) in [5, 5.41) is 2.89. The lowest BCUT2D eigenvalue weighted by atomic mass is 9.99. The van der Waals surface area contributed by atoms with Crippen LogP contribution in [-0.2, 0) is 4.79 Å². The van der Waals surface area contributed by atoms with E-state index >= 15 is 0 Å². The number of carbonyl (C=O) groups excluding carboxylic acids is 2. The highest BCUT2D eigenvalue weighted by atomic mass is 35.5. The molecule has 1 aromatic carbocycles. The number of nitrogens with zero attached hydrogens (tertiary/aromatic N) is 1. The molecule has 5 nitrogen and oxygen atoms in total. The second-order valence-corrected chi connectivity index (χ2v) is 6.34. The van der Waals surface area contributed by atoms with Gasteiger partial charge >= 0.3 is 0 Å². The van der Waals surface area contributed by atoms with Gasteiger partial charge in [-0.2, -0.15) is 0 Å². The number of aryl methyl sites for hydroxylation is 1. The minimum atomic E-state index is -0.0635. The third-order valence-electron chi connectivity index (χ3n) is 4.32. The highest BCUT2D eigenvalue weighted by molar-refractivity contribution is 5.98. The first kappa shape index (κ1) is 19.5. The average molecular weight is 340 g/mol. The Morgan fingerprint density at radius 1 is 1.30 bits per heavy atom. The number of nitrogens with one attached hydrogen (secondary N) is 1. The summed E-state index contributed by atoms with van der Waals surface area (Å²) in [7, 11) is 3.43. The van der Waals surface area contributed by atoms with Gasteiger partial charge in [0.15, 0.2) is 0 Å². The van der Waals surface area contributed by atoms with E-state index in [0.29, 0.717) is 17.7 Å². The summed E-state index contributed by atoms with van der Waals surface area (Å²) in [5.41, 5.74) is 8.18. The maximum Gasteiger partial charge on any atom is 0.253 e. The van der Waals surface area contributed by atoms with Crippen molar-refractivity contribution >= 4 is 29.9 Å². The van der Waals surface area contributed by atoms with Crippen molar-refractivity contribution in [3.63, 3.8) is 0 Å². The van der Waals surface area contributed by atoms with Crippen molar-refractivity contribution in [3.05, 3.63) is 29.3 Å². The fourth-order valence-corrected chi connectivity index (χ4v) is 2.94. The summed E-state index contributed by atoms with van der Waals surface area (Å²) in [6, 6.07) is 5.56. The molecule has 2 atom stereocenters. The molecule has 0 aromatic heterocycles. The van der Waals surface area contributed by atoms with Gasteiger partial charge in [-0.05, 0) is 43.4 Å². The molecule has 6 heteroatoms. The van der Waals surface area contributed by atoms with Crippen LogP contribution in [0, 0.1) is 12.8 Å². The molecule has 128 valence electrons. The standard InChI is InChI=1S/C17H25N3O2.ClH/c1-11-7-8-13(10-14(11)17(22)20(2)3)19-16(21)9-12-5-4-6-15(12)18;/h7-8,10,12,15H,4-6,9,18H2,1-3H3,(H,19,21);1H/t12-,15+;/m0./s1. The third-order valence-corrected chi connectivity index (χ3v) is 4.32. The molecule has 0 saturated heterocycles. The van der Waals surface area contributed by atoms with Crippen molar-refractivity contribution in [2.24, 2.45) is 11.7 Å². The van der Waals surface area contributed by atoms with Gasteiger partial charge in [0, 0.05) is 37.8 Å². The van der Waals surface area contributed by atoms with E-state index in [1.807, 2.05) is 19.1 Å². The number of amides is 2. The Kier molecular flexibility index (Phi) is 7.03. The smallest absolute Gasteiger partial charge is 0.253 e. The Hall–Kier alpha value is -1.59. The van der Waals surface area contributed by atoms with Gasteiger partial charge in [0.25, 0.3) is 5.91 Å². The molecule has 0 aliphatic heterocycles. The number of anilines is 1. The topological polar surface area (TPSA) is 75.4 Å². The van der Waals surface area contributed by atoms with E-state index in [-0.39, 0.29) is 36.2 Å². The summed E-state index contributed by atoms with van der Waals surface area (Å²) in [6.07, 6.45) is 3.58. The molecule has 1 aliphatic carbocycles. The van der Waals surface area contributed by atoms with Crippen LogP contribution in [-0.4, -0.2) is 36.9 Å². The highest BCUT2D eigenvalue weighted by Crippen LogP contribution is 2.27. The summed E-state index contributed by atoms with van der Waals surface area (Å²) in [5.74, 6) is 0.175.